The normalized spacial score (nSPS) is 12.1. The lowest BCUT2D eigenvalue weighted by Crippen LogP contribution is -2.12. The number of hydrogen-bond acceptors (Lipinski definition) is 4. The third-order valence-electron chi connectivity index (χ3n) is 5.11. The van der Waals surface area contributed by atoms with Crippen molar-refractivity contribution in [2.75, 3.05) is 0 Å². The number of aryl methyl sites for hydroxylation is 2. The first kappa shape index (κ1) is 21.9. The number of fused-ring (bicyclic) bond motifs is 1. The molecule has 0 atom stereocenters. The van der Waals surface area contributed by atoms with Crippen LogP contribution in [0.1, 0.15) is 43.7 Å². The summed E-state index contributed by atoms with van der Waals surface area (Å²) < 4.78 is 31.1. The Bertz CT molecular complexity index is 1160. The van der Waals surface area contributed by atoms with Gasteiger partial charge in [-0.3, -0.25) is 4.57 Å². The van der Waals surface area contributed by atoms with Crippen LogP contribution in [0.5, 0.6) is 11.8 Å². The molecule has 29 heavy (non-hydrogen) atoms. The third kappa shape index (κ3) is 4.10. The summed E-state index contributed by atoms with van der Waals surface area (Å²) in [4.78, 5) is 4.51. The number of benzene rings is 2. The molecule has 0 unspecified atom stereocenters. The van der Waals surface area contributed by atoms with E-state index in [0.29, 0.717) is 33.8 Å². The van der Waals surface area contributed by atoms with Crippen LogP contribution in [0.3, 0.4) is 0 Å². The third-order valence-corrected chi connectivity index (χ3v) is 6.59. The Kier molecular flexibility index (Phi) is 6.15. The molecule has 3 rings (SSSR count). The van der Waals surface area contributed by atoms with Gasteiger partial charge in [-0.1, -0.05) is 43.1 Å². The van der Waals surface area contributed by atoms with E-state index < -0.39 is 10.0 Å². The second kappa shape index (κ2) is 8.14. The van der Waals surface area contributed by atoms with E-state index in [4.69, 9.17) is 33.1 Å². The monoisotopic (exact) mass is 455 g/mol. The van der Waals surface area contributed by atoms with Gasteiger partial charge >= 0.3 is 6.01 Å². The molecule has 0 saturated carbocycles. The lowest BCUT2D eigenvalue weighted by atomic mass is 9.93. The Labute approximate surface area is 180 Å². The minimum atomic E-state index is -3.87. The number of ether oxygens (including phenoxy) is 1. The van der Waals surface area contributed by atoms with E-state index in [9.17, 15) is 8.42 Å². The van der Waals surface area contributed by atoms with E-state index in [0.717, 1.165) is 23.9 Å². The predicted molar refractivity (Wildman–Crippen MR) is 117 cm³/mol. The minimum Gasteiger partial charge on any atom is -0.424 e. The molecule has 156 valence electrons. The fourth-order valence-electron chi connectivity index (χ4n) is 3.53. The van der Waals surface area contributed by atoms with Crippen LogP contribution in [-0.4, -0.2) is 18.0 Å². The van der Waals surface area contributed by atoms with E-state index >= 15 is 0 Å². The van der Waals surface area contributed by atoms with Crippen LogP contribution in [-0.2, 0) is 17.1 Å². The fourth-order valence-corrected chi connectivity index (χ4v) is 4.72. The molecular formula is C20H23Cl2N3O3S. The van der Waals surface area contributed by atoms with Crippen LogP contribution in [0.2, 0.25) is 10.0 Å². The number of imidazole rings is 1. The molecular weight excluding hydrogens is 433 g/mol. The van der Waals surface area contributed by atoms with Gasteiger partial charge in [-0.25, -0.2) is 13.6 Å². The molecule has 0 aliphatic rings. The van der Waals surface area contributed by atoms with Gasteiger partial charge in [-0.2, -0.15) is 4.98 Å². The molecule has 2 N–H and O–H groups in total. The van der Waals surface area contributed by atoms with E-state index in [2.05, 4.69) is 18.8 Å². The van der Waals surface area contributed by atoms with Gasteiger partial charge in [-0.05, 0) is 55.0 Å². The molecule has 0 spiro atoms. The van der Waals surface area contributed by atoms with Crippen LogP contribution in [0.4, 0.5) is 0 Å². The molecule has 0 aliphatic carbocycles. The lowest BCUT2D eigenvalue weighted by molar-refractivity contribution is 0.424. The summed E-state index contributed by atoms with van der Waals surface area (Å²) in [6.45, 7) is 6.00. The molecule has 0 bridgehead atoms. The minimum absolute atomic E-state index is 0.0728. The number of nitrogens with two attached hydrogens (primary N) is 1. The molecule has 0 radical (unpaired) electrons. The van der Waals surface area contributed by atoms with Crippen LogP contribution in [0, 0.1) is 6.92 Å². The molecule has 1 heterocycles. The van der Waals surface area contributed by atoms with Crippen molar-refractivity contribution in [1.29, 1.82) is 0 Å². The smallest absolute Gasteiger partial charge is 0.302 e. The van der Waals surface area contributed by atoms with Crippen molar-refractivity contribution in [2.24, 2.45) is 12.2 Å². The standard InChI is InChI=1S/C20H23Cl2N3O3S/c1-5-12(6-2)14-7-8-15(21)17-18(14)25(4)20(24-17)28-19-11(3)9-13(10-16(19)22)29(23,26)27/h7-10,12H,5-6H2,1-4H3,(H2,23,26,27). The molecule has 1 aromatic heterocycles. The van der Waals surface area contributed by atoms with Gasteiger partial charge in [0.15, 0.2) is 5.75 Å². The highest BCUT2D eigenvalue weighted by atomic mass is 35.5. The molecule has 2 aromatic carbocycles. The number of aromatic nitrogens is 2. The number of hydrogen-bond donors (Lipinski definition) is 1. The predicted octanol–water partition coefficient (Wildman–Crippen LogP) is 5.53. The van der Waals surface area contributed by atoms with Gasteiger partial charge in [0.25, 0.3) is 0 Å². The highest BCUT2D eigenvalue weighted by Crippen LogP contribution is 2.39. The zero-order valence-electron chi connectivity index (χ0n) is 16.7. The highest BCUT2D eigenvalue weighted by molar-refractivity contribution is 7.89. The van der Waals surface area contributed by atoms with E-state index in [-0.39, 0.29) is 9.92 Å². The van der Waals surface area contributed by atoms with E-state index in [1.54, 1.807) is 6.92 Å². The molecule has 3 aromatic rings. The Morgan fingerprint density at radius 1 is 1.17 bits per heavy atom. The Morgan fingerprint density at radius 3 is 2.38 bits per heavy atom. The van der Waals surface area contributed by atoms with Gasteiger partial charge < -0.3 is 4.74 Å². The SMILES string of the molecule is CCC(CC)c1ccc(Cl)c2nc(Oc3c(C)cc(S(N)(=O)=O)cc3Cl)n(C)c12. The zero-order chi connectivity index (χ0) is 21.5. The van der Waals surface area contributed by atoms with E-state index in [1.165, 1.54) is 12.1 Å². The Balaban J connectivity index is 2.14. The summed E-state index contributed by atoms with van der Waals surface area (Å²) in [6, 6.07) is 6.89. The van der Waals surface area contributed by atoms with Crippen LogP contribution in [0.25, 0.3) is 11.0 Å². The molecule has 6 nitrogen and oxygen atoms in total. The van der Waals surface area contributed by atoms with Crippen molar-refractivity contribution >= 4 is 44.3 Å². The summed E-state index contributed by atoms with van der Waals surface area (Å²) in [5, 5.41) is 5.87. The molecule has 0 saturated heterocycles. The largest absolute Gasteiger partial charge is 0.424 e. The first-order valence-electron chi connectivity index (χ1n) is 9.24. The average molecular weight is 456 g/mol. The molecule has 0 amide bonds. The second-order valence-electron chi connectivity index (χ2n) is 7.00. The zero-order valence-corrected chi connectivity index (χ0v) is 19.0. The first-order valence-corrected chi connectivity index (χ1v) is 11.5. The van der Waals surface area contributed by atoms with Gasteiger partial charge in [-0.15, -0.1) is 0 Å². The van der Waals surface area contributed by atoms with Gasteiger partial charge in [0.05, 0.1) is 20.5 Å². The second-order valence-corrected chi connectivity index (χ2v) is 9.37. The maximum atomic E-state index is 11.6. The van der Waals surface area contributed by atoms with Gasteiger partial charge in [0.2, 0.25) is 10.0 Å². The van der Waals surface area contributed by atoms with Crippen LogP contribution >= 0.6 is 23.2 Å². The van der Waals surface area contributed by atoms with Crippen molar-refractivity contribution in [3.8, 4) is 11.8 Å². The average Bonchev–Trinajstić information content (AvgIpc) is 2.97. The number of primary sulfonamides is 1. The summed E-state index contributed by atoms with van der Waals surface area (Å²) in [6.07, 6.45) is 1.99. The van der Waals surface area contributed by atoms with E-state index in [1.807, 2.05) is 23.7 Å². The van der Waals surface area contributed by atoms with Crippen LogP contribution in [0.15, 0.2) is 29.2 Å². The molecule has 9 heteroatoms. The van der Waals surface area contributed by atoms with Crippen LogP contribution < -0.4 is 9.88 Å². The highest BCUT2D eigenvalue weighted by Gasteiger charge is 2.22. The maximum Gasteiger partial charge on any atom is 0.302 e. The van der Waals surface area contributed by atoms with Gasteiger partial charge in [0, 0.05) is 7.05 Å². The number of halogens is 2. The fraction of sp³-hybridized carbons (Fsp3) is 0.350. The Hall–Kier alpha value is -1.80. The summed E-state index contributed by atoms with van der Waals surface area (Å²) in [7, 11) is -2.02. The summed E-state index contributed by atoms with van der Waals surface area (Å²) in [5.74, 6) is 0.690. The molecule has 0 aliphatic heterocycles. The van der Waals surface area contributed by atoms with Crippen molar-refractivity contribution in [2.45, 2.75) is 44.4 Å². The van der Waals surface area contributed by atoms with Crippen molar-refractivity contribution in [3.05, 3.63) is 45.4 Å². The number of rotatable bonds is 6. The Morgan fingerprint density at radius 2 is 1.83 bits per heavy atom. The first-order chi connectivity index (χ1) is 13.6. The van der Waals surface area contributed by atoms with Crippen molar-refractivity contribution in [1.82, 2.24) is 9.55 Å². The van der Waals surface area contributed by atoms with Crippen molar-refractivity contribution < 1.29 is 13.2 Å². The molecule has 0 fully saturated rings. The topological polar surface area (TPSA) is 87.2 Å². The van der Waals surface area contributed by atoms with Crippen molar-refractivity contribution in [3.63, 3.8) is 0 Å². The summed E-state index contributed by atoms with van der Waals surface area (Å²) in [5.41, 5.74) is 3.26. The number of sulfonamides is 1. The quantitative estimate of drug-likeness (QED) is 0.528. The number of nitrogens with zero attached hydrogens (tertiary/aromatic N) is 2. The van der Waals surface area contributed by atoms with Gasteiger partial charge in [0.1, 0.15) is 5.52 Å². The summed E-state index contributed by atoms with van der Waals surface area (Å²) >= 11 is 12.7. The lowest BCUT2D eigenvalue weighted by Gasteiger charge is -2.16. The maximum absolute atomic E-state index is 11.6.